The molecule has 3 N–H and O–H groups in total. The quantitative estimate of drug-likeness (QED) is 0.208. The van der Waals surface area contributed by atoms with Crippen LogP contribution in [0, 0.1) is 30.9 Å². The second kappa shape index (κ2) is 10.0. The molecule has 3 aromatic carbocycles. The van der Waals surface area contributed by atoms with Gasteiger partial charge in [-0.25, -0.2) is 13.4 Å². The molecule has 0 amide bonds. The summed E-state index contributed by atoms with van der Waals surface area (Å²) in [6.45, 7) is 5.43. The first kappa shape index (κ1) is 24.6. The standard InChI is InChI=1S/C25H24N6O4S/c1-16-4-7-19(8-5-16)27-24-14-18(3)26-25(29-24)28-20-9-11-21(12-10-20)30-36(34,35)22-13-6-17(2)23(15-22)31(32)33/h4-15,30H,1-3H3,(H2,26,27,28,29). The number of hydrogen-bond acceptors (Lipinski definition) is 8. The zero-order valence-electron chi connectivity index (χ0n) is 19.8. The van der Waals surface area contributed by atoms with Gasteiger partial charge in [-0.1, -0.05) is 23.8 Å². The summed E-state index contributed by atoms with van der Waals surface area (Å²) in [6.07, 6.45) is 0. The lowest BCUT2D eigenvalue weighted by molar-refractivity contribution is -0.385. The number of nitrogens with one attached hydrogen (secondary N) is 3. The minimum Gasteiger partial charge on any atom is -0.340 e. The van der Waals surface area contributed by atoms with Crippen LogP contribution in [0.25, 0.3) is 0 Å². The lowest BCUT2D eigenvalue weighted by Crippen LogP contribution is -2.13. The van der Waals surface area contributed by atoms with Crippen molar-refractivity contribution < 1.29 is 13.3 Å². The molecule has 184 valence electrons. The first-order valence-corrected chi connectivity index (χ1v) is 12.4. The Morgan fingerprint density at radius 2 is 1.39 bits per heavy atom. The van der Waals surface area contributed by atoms with Gasteiger partial charge in [0.1, 0.15) is 5.82 Å². The van der Waals surface area contributed by atoms with E-state index in [9.17, 15) is 18.5 Å². The Labute approximate surface area is 208 Å². The number of nitrogens with zero attached hydrogens (tertiary/aromatic N) is 3. The Bertz CT molecular complexity index is 1520. The number of aromatic nitrogens is 2. The molecular weight excluding hydrogens is 480 g/mol. The van der Waals surface area contributed by atoms with Crippen molar-refractivity contribution in [3.05, 3.63) is 99.7 Å². The lowest BCUT2D eigenvalue weighted by atomic mass is 10.2. The highest BCUT2D eigenvalue weighted by Crippen LogP contribution is 2.25. The van der Waals surface area contributed by atoms with Gasteiger partial charge in [-0.05, 0) is 63.2 Å². The summed E-state index contributed by atoms with van der Waals surface area (Å²) in [5.74, 6) is 1.01. The van der Waals surface area contributed by atoms with Crippen molar-refractivity contribution in [2.75, 3.05) is 15.4 Å². The van der Waals surface area contributed by atoms with Gasteiger partial charge >= 0.3 is 0 Å². The van der Waals surface area contributed by atoms with Gasteiger partial charge < -0.3 is 10.6 Å². The summed E-state index contributed by atoms with van der Waals surface area (Å²) >= 11 is 0. The Morgan fingerprint density at radius 3 is 2.06 bits per heavy atom. The molecule has 0 bridgehead atoms. The van der Waals surface area contributed by atoms with Crippen LogP contribution in [0.15, 0.2) is 77.7 Å². The summed E-state index contributed by atoms with van der Waals surface area (Å²) in [6, 6.07) is 20.1. The van der Waals surface area contributed by atoms with Crippen molar-refractivity contribution in [2.45, 2.75) is 25.7 Å². The molecule has 0 aliphatic heterocycles. The predicted octanol–water partition coefficient (Wildman–Crippen LogP) is 5.60. The number of rotatable bonds is 8. The van der Waals surface area contributed by atoms with E-state index in [2.05, 4.69) is 25.3 Å². The van der Waals surface area contributed by atoms with Gasteiger partial charge in [0.05, 0.1) is 9.82 Å². The highest BCUT2D eigenvalue weighted by molar-refractivity contribution is 7.92. The Kier molecular flexibility index (Phi) is 6.84. The SMILES string of the molecule is Cc1ccc(Nc2cc(C)nc(Nc3ccc(NS(=O)(=O)c4ccc(C)c([N+](=O)[O-])c4)cc3)n2)cc1. The number of benzene rings is 3. The van der Waals surface area contributed by atoms with Gasteiger partial charge in [0.15, 0.2) is 0 Å². The number of nitro groups is 1. The summed E-state index contributed by atoms with van der Waals surface area (Å²) < 4.78 is 27.9. The maximum atomic E-state index is 12.7. The summed E-state index contributed by atoms with van der Waals surface area (Å²) in [4.78, 5) is 19.3. The molecule has 11 heteroatoms. The number of hydrogen-bond donors (Lipinski definition) is 3. The van der Waals surface area contributed by atoms with E-state index in [1.807, 2.05) is 44.2 Å². The molecule has 0 saturated heterocycles. The first-order chi connectivity index (χ1) is 17.1. The third-order valence-electron chi connectivity index (χ3n) is 5.26. The van der Waals surface area contributed by atoms with Gasteiger partial charge in [0.2, 0.25) is 5.95 Å². The molecule has 1 heterocycles. The monoisotopic (exact) mass is 504 g/mol. The number of nitro benzene ring substituents is 1. The molecule has 10 nitrogen and oxygen atoms in total. The van der Waals surface area contributed by atoms with Gasteiger partial charge in [0, 0.05) is 40.5 Å². The molecule has 0 atom stereocenters. The van der Waals surface area contributed by atoms with Crippen molar-refractivity contribution in [3.63, 3.8) is 0 Å². The lowest BCUT2D eigenvalue weighted by Gasteiger charge is -2.12. The van der Waals surface area contributed by atoms with Crippen molar-refractivity contribution in [2.24, 2.45) is 0 Å². The van der Waals surface area contributed by atoms with E-state index in [1.54, 1.807) is 31.2 Å². The van der Waals surface area contributed by atoms with Crippen LogP contribution < -0.4 is 15.4 Å². The smallest absolute Gasteiger partial charge is 0.273 e. The van der Waals surface area contributed by atoms with Gasteiger partial charge in [0.25, 0.3) is 15.7 Å². The van der Waals surface area contributed by atoms with E-state index in [-0.39, 0.29) is 10.6 Å². The molecule has 36 heavy (non-hydrogen) atoms. The van der Waals surface area contributed by atoms with E-state index in [4.69, 9.17) is 0 Å². The van der Waals surface area contributed by atoms with Crippen LogP contribution in [0.2, 0.25) is 0 Å². The molecule has 4 rings (SSSR count). The van der Waals surface area contributed by atoms with Crippen LogP contribution in [-0.2, 0) is 10.0 Å². The molecule has 0 aliphatic carbocycles. The molecule has 0 saturated carbocycles. The van der Waals surface area contributed by atoms with Crippen LogP contribution in [0.5, 0.6) is 0 Å². The first-order valence-electron chi connectivity index (χ1n) is 10.9. The second-order valence-electron chi connectivity index (χ2n) is 8.22. The van der Waals surface area contributed by atoms with Crippen molar-refractivity contribution in [1.29, 1.82) is 0 Å². The molecule has 0 unspecified atom stereocenters. The Morgan fingerprint density at radius 1 is 0.778 bits per heavy atom. The maximum absolute atomic E-state index is 12.7. The number of anilines is 5. The summed E-state index contributed by atoms with van der Waals surface area (Å²) in [7, 11) is -4.01. The molecule has 0 radical (unpaired) electrons. The molecule has 0 spiro atoms. The fraction of sp³-hybridized carbons (Fsp3) is 0.120. The van der Waals surface area contributed by atoms with Crippen LogP contribution in [-0.4, -0.2) is 23.3 Å². The molecule has 1 aromatic heterocycles. The van der Waals surface area contributed by atoms with Crippen LogP contribution in [0.4, 0.5) is 34.5 Å². The normalized spacial score (nSPS) is 11.1. The highest BCUT2D eigenvalue weighted by Gasteiger charge is 2.20. The zero-order chi connectivity index (χ0) is 25.9. The van der Waals surface area contributed by atoms with E-state index < -0.39 is 14.9 Å². The van der Waals surface area contributed by atoms with Gasteiger partial charge in [-0.2, -0.15) is 4.98 Å². The zero-order valence-corrected chi connectivity index (χ0v) is 20.6. The van der Waals surface area contributed by atoms with E-state index in [1.165, 1.54) is 12.1 Å². The number of sulfonamides is 1. The van der Waals surface area contributed by atoms with Gasteiger partial charge in [-0.3, -0.25) is 14.8 Å². The Balaban J connectivity index is 1.47. The number of aryl methyl sites for hydroxylation is 3. The average Bonchev–Trinajstić information content (AvgIpc) is 2.81. The van der Waals surface area contributed by atoms with E-state index >= 15 is 0 Å². The molecular formula is C25H24N6O4S. The third kappa shape index (κ3) is 5.94. The fourth-order valence-corrected chi connectivity index (χ4v) is 4.47. The minimum atomic E-state index is -4.01. The second-order valence-corrected chi connectivity index (χ2v) is 9.90. The van der Waals surface area contributed by atoms with Crippen molar-refractivity contribution >= 4 is 44.5 Å². The minimum absolute atomic E-state index is 0.191. The van der Waals surface area contributed by atoms with Gasteiger partial charge in [-0.15, -0.1) is 0 Å². The van der Waals surface area contributed by atoms with E-state index in [0.29, 0.717) is 28.7 Å². The van der Waals surface area contributed by atoms with E-state index in [0.717, 1.165) is 23.0 Å². The highest BCUT2D eigenvalue weighted by atomic mass is 32.2. The van der Waals surface area contributed by atoms with Crippen LogP contribution >= 0.6 is 0 Å². The van der Waals surface area contributed by atoms with Crippen LogP contribution in [0.3, 0.4) is 0 Å². The summed E-state index contributed by atoms with van der Waals surface area (Å²) in [5, 5.41) is 17.5. The largest absolute Gasteiger partial charge is 0.340 e. The topological polar surface area (TPSA) is 139 Å². The third-order valence-corrected chi connectivity index (χ3v) is 6.64. The molecule has 0 fully saturated rings. The maximum Gasteiger partial charge on any atom is 0.273 e. The predicted molar refractivity (Wildman–Crippen MR) is 140 cm³/mol. The van der Waals surface area contributed by atoms with Crippen molar-refractivity contribution in [3.8, 4) is 0 Å². The fourth-order valence-electron chi connectivity index (χ4n) is 3.39. The van der Waals surface area contributed by atoms with Crippen LogP contribution in [0.1, 0.15) is 16.8 Å². The Hall–Kier alpha value is -4.51. The summed E-state index contributed by atoms with van der Waals surface area (Å²) in [5.41, 5.74) is 3.90. The average molecular weight is 505 g/mol. The molecule has 0 aliphatic rings. The van der Waals surface area contributed by atoms with Crippen molar-refractivity contribution in [1.82, 2.24) is 9.97 Å². The molecule has 4 aromatic rings.